The summed E-state index contributed by atoms with van der Waals surface area (Å²) in [4.78, 5) is 11.3. The van der Waals surface area contributed by atoms with E-state index in [2.05, 4.69) is 14.9 Å². The number of aromatic nitrogens is 2. The average molecular weight is 410 g/mol. The van der Waals surface area contributed by atoms with Gasteiger partial charge in [-0.25, -0.2) is 18.4 Å². The number of nitrogens with two attached hydrogens (primary N) is 1. The minimum Gasteiger partial charge on any atom is -0.383 e. The van der Waals surface area contributed by atoms with Crippen molar-refractivity contribution in [3.63, 3.8) is 0 Å². The number of pyridine rings is 2. The van der Waals surface area contributed by atoms with Crippen molar-refractivity contribution in [2.45, 2.75) is 4.90 Å². The van der Waals surface area contributed by atoms with Gasteiger partial charge in [-0.3, -0.25) is 0 Å². The van der Waals surface area contributed by atoms with Gasteiger partial charge in [0.15, 0.2) is 9.84 Å². The van der Waals surface area contributed by atoms with Crippen LogP contribution in [0.1, 0.15) is 0 Å². The molecule has 1 saturated heterocycles. The van der Waals surface area contributed by atoms with Gasteiger partial charge >= 0.3 is 0 Å². The second-order valence-electron chi connectivity index (χ2n) is 6.92. The normalized spacial score (nSPS) is 14.7. The Labute approximate surface area is 170 Å². The molecule has 0 aliphatic carbocycles. The van der Waals surface area contributed by atoms with Crippen molar-refractivity contribution in [1.29, 1.82) is 0 Å². The summed E-state index contributed by atoms with van der Waals surface area (Å²) in [6.07, 6.45) is 4.64. The molecule has 0 radical (unpaired) electrons. The molecule has 3 aromatic rings. The summed E-state index contributed by atoms with van der Waals surface area (Å²) in [7, 11) is -3.25. The number of anilines is 2. The molecule has 8 heteroatoms. The van der Waals surface area contributed by atoms with Crippen molar-refractivity contribution < 1.29 is 13.2 Å². The molecule has 2 aromatic heterocycles. The van der Waals surface area contributed by atoms with E-state index in [9.17, 15) is 8.42 Å². The average Bonchev–Trinajstić information content (AvgIpc) is 2.74. The van der Waals surface area contributed by atoms with Gasteiger partial charge in [0.25, 0.3) is 0 Å². The standard InChI is InChI=1S/C21H22N4O3S/c1-29(26,27)17-5-2-15(3-6-17)18-8-9-23-21(22)20(18)16-4-7-19(24-14-16)25-10-12-28-13-11-25/h2-9,14H,10-13H2,1H3,(H2,22,23). The van der Waals surface area contributed by atoms with Crippen LogP contribution in [0.25, 0.3) is 22.3 Å². The lowest BCUT2D eigenvalue weighted by Crippen LogP contribution is -2.36. The molecule has 0 amide bonds. The van der Waals surface area contributed by atoms with Crippen LogP contribution in [0.2, 0.25) is 0 Å². The summed E-state index contributed by atoms with van der Waals surface area (Å²) in [5.41, 5.74) is 9.58. The fraction of sp³-hybridized carbons (Fsp3) is 0.238. The number of rotatable bonds is 4. The van der Waals surface area contributed by atoms with Gasteiger partial charge in [-0.1, -0.05) is 12.1 Å². The van der Waals surface area contributed by atoms with Gasteiger partial charge in [-0.2, -0.15) is 0 Å². The third kappa shape index (κ3) is 4.08. The van der Waals surface area contributed by atoms with Crippen LogP contribution in [0.4, 0.5) is 11.6 Å². The first kappa shape index (κ1) is 19.4. The van der Waals surface area contributed by atoms with E-state index < -0.39 is 9.84 Å². The SMILES string of the molecule is CS(=O)(=O)c1ccc(-c2ccnc(N)c2-c2ccc(N3CCOCC3)nc2)cc1. The molecule has 0 saturated carbocycles. The maximum atomic E-state index is 11.7. The van der Waals surface area contributed by atoms with E-state index in [0.29, 0.717) is 19.0 Å². The van der Waals surface area contributed by atoms with Gasteiger partial charge < -0.3 is 15.4 Å². The Balaban J connectivity index is 1.71. The molecule has 29 heavy (non-hydrogen) atoms. The van der Waals surface area contributed by atoms with Crippen molar-refractivity contribution in [2.75, 3.05) is 43.2 Å². The summed E-state index contributed by atoms with van der Waals surface area (Å²) in [6.45, 7) is 3.04. The molecule has 3 heterocycles. The molecule has 0 bridgehead atoms. The van der Waals surface area contributed by atoms with Crippen molar-refractivity contribution in [1.82, 2.24) is 9.97 Å². The number of nitrogens with zero attached hydrogens (tertiary/aromatic N) is 3. The van der Waals surface area contributed by atoms with Crippen molar-refractivity contribution in [2.24, 2.45) is 0 Å². The number of morpholine rings is 1. The Morgan fingerprint density at radius 3 is 2.28 bits per heavy atom. The molecule has 0 spiro atoms. The van der Waals surface area contributed by atoms with Crippen molar-refractivity contribution >= 4 is 21.5 Å². The lowest BCUT2D eigenvalue weighted by atomic mass is 9.96. The van der Waals surface area contributed by atoms with E-state index in [0.717, 1.165) is 41.2 Å². The summed E-state index contributed by atoms with van der Waals surface area (Å²) >= 11 is 0. The molecule has 4 rings (SSSR count). The molecule has 1 fully saturated rings. The minimum absolute atomic E-state index is 0.279. The highest BCUT2D eigenvalue weighted by Gasteiger charge is 2.16. The smallest absolute Gasteiger partial charge is 0.175 e. The van der Waals surface area contributed by atoms with E-state index in [1.807, 2.05) is 18.2 Å². The molecular weight excluding hydrogens is 388 g/mol. The molecular formula is C21H22N4O3S. The minimum atomic E-state index is -3.25. The van der Waals surface area contributed by atoms with Gasteiger partial charge in [0.05, 0.1) is 18.1 Å². The number of ether oxygens (including phenoxy) is 1. The Morgan fingerprint density at radius 1 is 0.966 bits per heavy atom. The van der Waals surface area contributed by atoms with E-state index >= 15 is 0 Å². The van der Waals surface area contributed by atoms with Crippen LogP contribution in [0, 0.1) is 0 Å². The molecule has 0 unspecified atom stereocenters. The predicted molar refractivity (Wildman–Crippen MR) is 113 cm³/mol. The third-order valence-electron chi connectivity index (χ3n) is 4.95. The lowest BCUT2D eigenvalue weighted by Gasteiger charge is -2.27. The molecule has 1 aromatic carbocycles. The topological polar surface area (TPSA) is 98.4 Å². The highest BCUT2D eigenvalue weighted by molar-refractivity contribution is 7.90. The molecule has 0 atom stereocenters. The van der Waals surface area contributed by atoms with Crippen LogP contribution in [-0.2, 0) is 14.6 Å². The number of nitrogen functional groups attached to an aromatic ring is 1. The van der Waals surface area contributed by atoms with E-state index in [1.165, 1.54) is 6.26 Å². The van der Waals surface area contributed by atoms with Crippen LogP contribution in [0.15, 0.2) is 59.8 Å². The highest BCUT2D eigenvalue weighted by Crippen LogP contribution is 2.36. The number of benzene rings is 1. The summed E-state index contributed by atoms with van der Waals surface area (Å²) in [5.74, 6) is 1.30. The molecule has 7 nitrogen and oxygen atoms in total. The van der Waals surface area contributed by atoms with Crippen LogP contribution in [0.5, 0.6) is 0 Å². The Kier molecular flexibility index (Phi) is 5.21. The maximum absolute atomic E-state index is 11.7. The van der Waals surface area contributed by atoms with E-state index in [-0.39, 0.29) is 4.90 Å². The Hall–Kier alpha value is -2.97. The van der Waals surface area contributed by atoms with Crippen LogP contribution >= 0.6 is 0 Å². The number of hydrogen-bond donors (Lipinski definition) is 1. The zero-order valence-corrected chi connectivity index (χ0v) is 16.9. The zero-order valence-electron chi connectivity index (χ0n) is 16.1. The first-order valence-electron chi connectivity index (χ1n) is 9.27. The summed E-state index contributed by atoms with van der Waals surface area (Å²) < 4.78 is 28.9. The second-order valence-corrected chi connectivity index (χ2v) is 8.94. The molecule has 1 aliphatic heterocycles. The Morgan fingerprint density at radius 2 is 1.66 bits per heavy atom. The quantitative estimate of drug-likeness (QED) is 0.706. The largest absolute Gasteiger partial charge is 0.383 e. The van der Waals surface area contributed by atoms with Gasteiger partial charge in [-0.15, -0.1) is 0 Å². The summed E-state index contributed by atoms with van der Waals surface area (Å²) in [5, 5.41) is 0. The third-order valence-corrected chi connectivity index (χ3v) is 6.07. The lowest BCUT2D eigenvalue weighted by molar-refractivity contribution is 0.122. The predicted octanol–water partition coefficient (Wildman–Crippen LogP) is 2.63. The molecule has 150 valence electrons. The van der Waals surface area contributed by atoms with Crippen molar-refractivity contribution in [3.8, 4) is 22.3 Å². The first-order chi connectivity index (χ1) is 13.9. The number of hydrogen-bond acceptors (Lipinski definition) is 7. The molecule has 2 N–H and O–H groups in total. The monoisotopic (exact) mass is 410 g/mol. The van der Waals surface area contributed by atoms with Gasteiger partial charge in [0.1, 0.15) is 11.6 Å². The van der Waals surface area contributed by atoms with E-state index in [1.54, 1.807) is 36.7 Å². The maximum Gasteiger partial charge on any atom is 0.175 e. The van der Waals surface area contributed by atoms with Crippen LogP contribution < -0.4 is 10.6 Å². The van der Waals surface area contributed by atoms with Gasteiger partial charge in [0, 0.05) is 42.9 Å². The first-order valence-corrected chi connectivity index (χ1v) is 11.2. The Bertz CT molecular complexity index is 1110. The zero-order chi connectivity index (χ0) is 20.4. The fourth-order valence-electron chi connectivity index (χ4n) is 3.42. The van der Waals surface area contributed by atoms with Crippen LogP contribution in [-0.4, -0.2) is 50.9 Å². The van der Waals surface area contributed by atoms with Crippen molar-refractivity contribution in [3.05, 3.63) is 54.9 Å². The second kappa shape index (κ2) is 7.81. The summed E-state index contributed by atoms with van der Waals surface area (Å²) in [6, 6.07) is 12.6. The van der Waals surface area contributed by atoms with E-state index in [4.69, 9.17) is 10.5 Å². The van der Waals surface area contributed by atoms with Gasteiger partial charge in [0.2, 0.25) is 0 Å². The molecule has 1 aliphatic rings. The van der Waals surface area contributed by atoms with Crippen LogP contribution in [0.3, 0.4) is 0 Å². The highest BCUT2D eigenvalue weighted by atomic mass is 32.2. The van der Waals surface area contributed by atoms with Gasteiger partial charge in [-0.05, 0) is 41.5 Å². The fourth-order valence-corrected chi connectivity index (χ4v) is 4.05. The number of sulfone groups is 1.